The van der Waals surface area contributed by atoms with E-state index in [1.807, 2.05) is 0 Å². The molecule has 0 aliphatic carbocycles. The van der Waals surface area contributed by atoms with E-state index in [4.69, 9.17) is 10.1 Å². The monoisotopic (exact) mass is 241 g/mol. The fourth-order valence-electron chi connectivity index (χ4n) is 0.953. The third kappa shape index (κ3) is 4.97. The Balaban J connectivity index is 4.85. The molecule has 7 nitrogen and oxygen atoms in total. The van der Waals surface area contributed by atoms with Crippen molar-refractivity contribution in [3.8, 4) is 6.07 Å². The largest absolute Gasteiger partial charge is 0.471 e. The zero-order valence-corrected chi connectivity index (χ0v) is 10.7. The van der Waals surface area contributed by atoms with Crippen molar-refractivity contribution in [2.24, 2.45) is 5.16 Å². The van der Waals surface area contributed by atoms with Crippen molar-refractivity contribution < 1.29 is 18.9 Å². The van der Waals surface area contributed by atoms with E-state index < -0.39 is 11.7 Å². The Morgan fingerprint density at radius 1 is 1.47 bits per heavy atom. The number of oxime groups is 1. The van der Waals surface area contributed by atoms with Gasteiger partial charge < -0.3 is 4.74 Å². The predicted octanol–water partition coefficient (Wildman–Crippen LogP) is -0.365. The van der Waals surface area contributed by atoms with Crippen LogP contribution in [0.2, 0.25) is 0 Å². The Bertz CT molecular complexity index is 376. The number of hydrogen-bond donors (Lipinski definition) is 0. The molecule has 0 heterocycles. The van der Waals surface area contributed by atoms with Crippen LogP contribution >= 0.6 is 0 Å². The highest BCUT2D eigenvalue weighted by atomic mass is 16.7. The van der Waals surface area contributed by atoms with E-state index in [0.717, 1.165) is 0 Å². The highest BCUT2D eigenvalue weighted by molar-refractivity contribution is 6.42. The molecule has 0 amide bonds. The number of nitrogens with zero attached hydrogens (tertiary/aromatic N) is 4. The summed E-state index contributed by atoms with van der Waals surface area (Å²) in [7, 11) is 7.01. The molecule has 0 rings (SSSR count). The minimum absolute atomic E-state index is 0.178. The van der Waals surface area contributed by atoms with E-state index in [0.29, 0.717) is 6.02 Å². The van der Waals surface area contributed by atoms with Crippen LogP contribution in [0.15, 0.2) is 5.16 Å². The Hall–Kier alpha value is -2.10. The zero-order valence-electron chi connectivity index (χ0n) is 10.7. The Labute approximate surface area is 101 Å². The van der Waals surface area contributed by atoms with Crippen LogP contribution in [0.1, 0.15) is 6.92 Å². The van der Waals surface area contributed by atoms with Gasteiger partial charge in [0.2, 0.25) is 0 Å². The van der Waals surface area contributed by atoms with Gasteiger partial charge in [-0.1, -0.05) is 5.16 Å². The summed E-state index contributed by atoms with van der Waals surface area (Å²) in [5.74, 6) is -0.799. The summed E-state index contributed by atoms with van der Waals surface area (Å²) in [6, 6.07) is 2.01. The number of hydrogen-bond acceptors (Lipinski definition) is 5. The van der Waals surface area contributed by atoms with Crippen molar-refractivity contribution in [1.82, 2.24) is 4.90 Å². The molecule has 0 atom stereocenters. The minimum atomic E-state index is -0.799. The standard InChI is InChI=1S/C10H17N4O3/c1-6-16-9(15)8(7-11)12-17-10(13(2)3)14(4)5/h6H2,1-5H3/q+1/b12-8+. The summed E-state index contributed by atoms with van der Waals surface area (Å²) in [4.78, 5) is 17.9. The number of rotatable bonds is 3. The van der Waals surface area contributed by atoms with Crippen LogP contribution in [-0.4, -0.2) is 62.0 Å². The summed E-state index contributed by atoms with van der Waals surface area (Å²) < 4.78 is 6.30. The van der Waals surface area contributed by atoms with Crippen LogP contribution in [0, 0.1) is 11.3 Å². The molecule has 0 bridgehead atoms. The summed E-state index contributed by atoms with van der Waals surface area (Å²) >= 11 is 0. The topological polar surface area (TPSA) is 77.9 Å². The van der Waals surface area contributed by atoms with Gasteiger partial charge in [-0.25, -0.2) is 14.3 Å². The molecule has 0 saturated carbocycles. The first-order valence-corrected chi connectivity index (χ1v) is 4.97. The number of nitriles is 1. The van der Waals surface area contributed by atoms with Gasteiger partial charge in [0.1, 0.15) is 6.07 Å². The molecule has 0 radical (unpaired) electrons. The second-order valence-electron chi connectivity index (χ2n) is 3.43. The van der Waals surface area contributed by atoms with Crippen molar-refractivity contribution in [1.29, 1.82) is 5.26 Å². The fraction of sp³-hybridized carbons (Fsp3) is 0.600. The summed E-state index contributed by atoms with van der Waals surface area (Å²) in [5.41, 5.74) is -0.423. The van der Waals surface area contributed by atoms with Crippen LogP contribution in [0.5, 0.6) is 0 Å². The van der Waals surface area contributed by atoms with Crippen LogP contribution in [-0.2, 0) is 14.4 Å². The number of ether oxygens (including phenoxy) is 1. The molecule has 17 heavy (non-hydrogen) atoms. The third-order valence-corrected chi connectivity index (χ3v) is 1.56. The normalized spacial score (nSPS) is 10.2. The molecule has 94 valence electrons. The van der Waals surface area contributed by atoms with E-state index in [1.165, 1.54) is 0 Å². The van der Waals surface area contributed by atoms with Crippen LogP contribution in [0.25, 0.3) is 0 Å². The SMILES string of the molecule is CCOC(=O)/C(C#N)=N/OC(N(C)C)=[N+](C)C. The molecule has 0 aliphatic heterocycles. The molecule has 7 heteroatoms. The lowest BCUT2D eigenvalue weighted by atomic mass is 10.4. The molecule has 0 fully saturated rings. The van der Waals surface area contributed by atoms with Crippen molar-refractivity contribution in [3.63, 3.8) is 0 Å². The van der Waals surface area contributed by atoms with Gasteiger partial charge in [0, 0.05) is 0 Å². The van der Waals surface area contributed by atoms with E-state index in [9.17, 15) is 4.79 Å². The molecular formula is C10H17N4O3+. The van der Waals surface area contributed by atoms with Gasteiger partial charge in [0.05, 0.1) is 34.8 Å². The maximum Gasteiger partial charge on any atom is 0.471 e. The van der Waals surface area contributed by atoms with Crippen LogP contribution in [0.4, 0.5) is 0 Å². The Kier molecular flexibility index (Phi) is 6.33. The lowest BCUT2D eigenvalue weighted by molar-refractivity contribution is -0.480. The van der Waals surface area contributed by atoms with Gasteiger partial charge in [0.15, 0.2) is 0 Å². The second-order valence-corrected chi connectivity index (χ2v) is 3.43. The first-order chi connectivity index (χ1) is 7.93. The van der Waals surface area contributed by atoms with E-state index in [2.05, 4.69) is 9.89 Å². The quantitative estimate of drug-likeness (QED) is 0.221. The van der Waals surface area contributed by atoms with Crippen molar-refractivity contribution in [2.45, 2.75) is 6.92 Å². The van der Waals surface area contributed by atoms with Gasteiger partial charge in [-0.05, 0) is 6.92 Å². The van der Waals surface area contributed by atoms with Crippen LogP contribution < -0.4 is 0 Å². The third-order valence-electron chi connectivity index (χ3n) is 1.56. The molecular weight excluding hydrogens is 224 g/mol. The number of amidine groups is 1. The molecule has 0 saturated heterocycles. The molecule has 0 N–H and O–H groups in total. The van der Waals surface area contributed by atoms with Crippen LogP contribution in [0.3, 0.4) is 0 Å². The summed E-state index contributed by atoms with van der Waals surface area (Å²) in [5, 5.41) is 12.2. The molecule has 0 aromatic carbocycles. The van der Waals surface area contributed by atoms with E-state index in [1.54, 1.807) is 50.7 Å². The maximum atomic E-state index is 11.2. The van der Waals surface area contributed by atoms with E-state index in [-0.39, 0.29) is 6.61 Å². The molecule has 0 unspecified atom stereocenters. The first-order valence-electron chi connectivity index (χ1n) is 4.97. The molecule has 0 aromatic rings. The number of carbonyl (C=O) groups is 1. The van der Waals surface area contributed by atoms with E-state index >= 15 is 0 Å². The number of carbonyl (C=O) groups excluding carboxylic acids is 1. The van der Waals surface area contributed by atoms with Crippen molar-refractivity contribution in [3.05, 3.63) is 0 Å². The lowest BCUT2D eigenvalue weighted by Crippen LogP contribution is -2.31. The average Bonchev–Trinajstić information content (AvgIpc) is 2.23. The molecule has 0 spiro atoms. The highest BCUT2D eigenvalue weighted by Crippen LogP contribution is 1.91. The molecule has 0 aliphatic rings. The van der Waals surface area contributed by atoms with Crippen molar-refractivity contribution in [2.75, 3.05) is 34.8 Å². The highest BCUT2D eigenvalue weighted by Gasteiger charge is 2.17. The second kappa shape index (κ2) is 7.22. The van der Waals surface area contributed by atoms with Gasteiger partial charge in [-0.3, -0.25) is 4.84 Å². The summed E-state index contributed by atoms with van der Waals surface area (Å²) in [6.45, 7) is 1.82. The Morgan fingerprint density at radius 2 is 2.06 bits per heavy atom. The van der Waals surface area contributed by atoms with Gasteiger partial charge in [0.25, 0.3) is 5.71 Å². The zero-order chi connectivity index (χ0) is 13.4. The van der Waals surface area contributed by atoms with Gasteiger partial charge in [-0.2, -0.15) is 5.26 Å². The average molecular weight is 241 g/mol. The summed E-state index contributed by atoms with van der Waals surface area (Å²) in [6.07, 6.45) is 0. The smallest absolute Gasteiger partial charge is 0.461 e. The molecule has 0 aromatic heterocycles. The van der Waals surface area contributed by atoms with Gasteiger partial charge >= 0.3 is 12.0 Å². The fourth-order valence-corrected chi connectivity index (χ4v) is 0.953. The van der Waals surface area contributed by atoms with Gasteiger partial charge in [-0.15, -0.1) is 0 Å². The first kappa shape index (κ1) is 14.9. The number of esters is 1. The Morgan fingerprint density at radius 3 is 2.41 bits per heavy atom. The predicted molar refractivity (Wildman–Crippen MR) is 61.6 cm³/mol. The minimum Gasteiger partial charge on any atom is -0.461 e. The maximum absolute atomic E-state index is 11.2. The lowest BCUT2D eigenvalue weighted by Gasteiger charge is -2.07. The van der Waals surface area contributed by atoms with Crippen molar-refractivity contribution >= 4 is 17.7 Å².